The average molecular weight is 494 g/mol. The Labute approximate surface area is 195 Å². The van der Waals surface area contributed by atoms with Crippen LogP contribution in [0.3, 0.4) is 0 Å². The topological polar surface area (TPSA) is 220 Å². The smallest absolute Gasteiger partial charge is 0.238 e. The van der Waals surface area contributed by atoms with Gasteiger partial charge in [-0.15, -0.1) is 0 Å². The van der Waals surface area contributed by atoms with Gasteiger partial charge in [0, 0.05) is 17.7 Å². The van der Waals surface area contributed by atoms with Crippen molar-refractivity contribution >= 4 is 11.0 Å². The molecule has 5 atom stereocenters. The van der Waals surface area contributed by atoms with Crippen LogP contribution in [0.1, 0.15) is 0 Å². The number of phenols is 3. The summed E-state index contributed by atoms with van der Waals surface area (Å²) in [6.07, 6.45) is -8.13. The van der Waals surface area contributed by atoms with Gasteiger partial charge in [0.1, 0.15) is 46.9 Å². The molecule has 0 unspecified atom stereocenters. The maximum Gasteiger partial charge on any atom is 0.238 e. The molecule has 2 heterocycles. The molecule has 1 fully saturated rings. The Morgan fingerprint density at radius 1 is 0.914 bits per heavy atom. The van der Waals surface area contributed by atoms with Gasteiger partial charge in [0.05, 0.1) is 13.7 Å². The number of ether oxygens (including phenoxy) is 3. The van der Waals surface area contributed by atoms with Crippen LogP contribution in [0.4, 0.5) is 0 Å². The number of hydrogen-bond acceptors (Lipinski definition) is 13. The van der Waals surface area contributed by atoms with Crippen molar-refractivity contribution in [3.63, 3.8) is 0 Å². The Kier molecular flexibility index (Phi) is 6.36. The first-order valence-electron chi connectivity index (χ1n) is 10.2. The molecule has 188 valence electrons. The molecule has 35 heavy (non-hydrogen) atoms. The van der Waals surface area contributed by atoms with E-state index in [1.165, 1.54) is 13.2 Å². The van der Waals surface area contributed by atoms with Gasteiger partial charge in [0.25, 0.3) is 0 Å². The van der Waals surface area contributed by atoms with Crippen molar-refractivity contribution in [2.75, 3.05) is 13.7 Å². The molecular formula is C22H22O13. The van der Waals surface area contributed by atoms with Crippen molar-refractivity contribution < 1.29 is 59.5 Å². The molecule has 1 saturated heterocycles. The van der Waals surface area contributed by atoms with Crippen LogP contribution in [0.5, 0.6) is 34.5 Å². The van der Waals surface area contributed by atoms with Crippen LogP contribution in [0, 0.1) is 0 Å². The van der Waals surface area contributed by atoms with Gasteiger partial charge in [-0.05, 0) is 12.1 Å². The van der Waals surface area contributed by atoms with E-state index in [-0.39, 0.29) is 22.3 Å². The fourth-order valence-electron chi connectivity index (χ4n) is 3.72. The molecule has 1 aromatic heterocycles. The van der Waals surface area contributed by atoms with Crippen molar-refractivity contribution in [1.29, 1.82) is 0 Å². The van der Waals surface area contributed by atoms with Crippen LogP contribution in [0.2, 0.25) is 0 Å². The number of benzene rings is 2. The quantitative estimate of drug-likeness (QED) is 0.224. The predicted octanol–water partition coefficient (Wildman–Crippen LogP) is -0.530. The monoisotopic (exact) mass is 494 g/mol. The van der Waals surface area contributed by atoms with E-state index in [4.69, 9.17) is 18.6 Å². The molecule has 8 N–H and O–H groups in total. The molecule has 4 rings (SSSR count). The number of aromatic hydroxyl groups is 4. The second-order valence-electron chi connectivity index (χ2n) is 7.79. The highest BCUT2D eigenvalue weighted by Crippen LogP contribution is 2.44. The molecule has 0 saturated carbocycles. The third-order valence-electron chi connectivity index (χ3n) is 5.55. The highest BCUT2D eigenvalue weighted by Gasteiger charge is 2.45. The van der Waals surface area contributed by atoms with Crippen molar-refractivity contribution in [2.45, 2.75) is 30.7 Å². The lowest BCUT2D eigenvalue weighted by Crippen LogP contribution is -2.60. The lowest BCUT2D eigenvalue weighted by molar-refractivity contribution is -0.277. The summed E-state index contributed by atoms with van der Waals surface area (Å²) in [5.74, 6) is -3.61. The summed E-state index contributed by atoms with van der Waals surface area (Å²) >= 11 is 0. The van der Waals surface area contributed by atoms with Crippen LogP contribution >= 0.6 is 0 Å². The molecule has 0 spiro atoms. The summed E-state index contributed by atoms with van der Waals surface area (Å²) < 4.78 is 21.4. The lowest BCUT2D eigenvalue weighted by Gasteiger charge is -2.39. The highest BCUT2D eigenvalue weighted by molar-refractivity contribution is 5.88. The van der Waals surface area contributed by atoms with E-state index in [1.807, 2.05) is 0 Å². The number of methoxy groups -OCH3 is 1. The first-order chi connectivity index (χ1) is 16.6. The van der Waals surface area contributed by atoms with E-state index in [9.17, 15) is 45.6 Å². The largest absolute Gasteiger partial charge is 0.508 e. The third-order valence-corrected chi connectivity index (χ3v) is 5.55. The van der Waals surface area contributed by atoms with Crippen LogP contribution in [0.25, 0.3) is 22.3 Å². The van der Waals surface area contributed by atoms with Crippen molar-refractivity contribution in [2.24, 2.45) is 0 Å². The molecule has 2 aromatic carbocycles. The summed E-state index contributed by atoms with van der Waals surface area (Å²) in [6, 6.07) is 4.21. The highest BCUT2D eigenvalue weighted by atomic mass is 16.7. The Balaban J connectivity index is 1.82. The summed E-state index contributed by atoms with van der Waals surface area (Å²) in [5.41, 5.74) is -1.34. The second kappa shape index (κ2) is 9.13. The minimum absolute atomic E-state index is 0.0708. The van der Waals surface area contributed by atoms with Gasteiger partial charge in [-0.25, -0.2) is 0 Å². The van der Waals surface area contributed by atoms with Crippen molar-refractivity contribution in [1.82, 2.24) is 0 Å². The zero-order valence-corrected chi connectivity index (χ0v) is 18.0. The van der Waals surface area contributed by atoms with E-state index in [0.717, 1.165) is 18.2 Å². The van der Waals surface area contributed by atoms with E-state index >= 15 is 0 Å². The molecule has 0 amide bonds. The lowest BCUT2D eigenvalue weighted by atomic mass is 9.99. The van der Waals surface area contributed by atoms with Gasteiger partial charge in [-0.3, -0.25) is 4.79 Å². The molecule has 1 aliphatic rings. The van der Waals surface area contributed by atoms with Gasteiger partial charge >= 0.3 is 0 Å². The number of rotatable bonds is 5. The van der Waals surface area contributed by atoms with Gasteiger partial charge in [0.2, 0.25) is 23.2 Å². The number of fused-ring (bicyclic) bond motifs is 1. The van der Waals surface area contributed by atoms with Gasteiger partial charge in [-0.1, -0.05) is 0 Å². The maximum atomic E-state index is 12.7. The van der Waals surface area contributed by atoms with Crippen molar-refractivity contribution in [3.8, 4) is 45.8 Å². The Hall–Kier alpha value is -3.75. The number of hydrogen-bond donors (Lipinski definition) is 8. The van der Waals surface area contributed by atoms with Crippen LogP contribution in [-0.4, -0.2) is 85.3 Å². The van der Waals surface area contributed by atoms with Crippen LogP contribution < -0.4 is 14.9 Å². The molecule has 3 aromatic rings. The fraction of sp³-hybridized carbons (Fsp3) is 0.318. The molecule has 13 heteroatoms. The second-order valence-corrected chi connectivity index (χ2v) is 7.79. The van der Waals surface area contributed by atoms with Crippen LogP contribution in [0.15, 0.2) is 33.5 Å². The molecule has 0 aliphatic carbocycles. The predicted molar refractivity (Wildman–Crippen MR) is 116 cm³/mol. The van der Waals surface area contributed by atoms with Gasteiger partial charge in [0.15, 0.2) is 17.3 Å². The summed E-state index contributed by atoms with van der Waals surface area (Å²) in [5, 5.41) is 79.8. The standard InChI is InChI=1S/C22H22O13/c1-32-11-2-7(21-19(30)17(28)14-9(25)4-8(24)5-10(14)33-21)3-12(15(11)26)34-22-20(31)18(29)16(27)13(6-23)35-22/h2-5,13,16,18,20,22-27,29-31H,6H2,1H3/t13-,16-,18+,20-,22-/m1/s1. The number of phenolic OH excluding ortho intramolecular Hbond substituents is 3. The van der Waals surface area contributed by atoms with Gasteiger partial charge < -0.3 is 59.5 Å². The average Bonchev–Trinajstić information content (AvgIpc) is 2.82. The SMILES string of the molecule is COc1cc(-c2oc3cc(O)cc(O)c3c(=O)c2O)cc(O[C@@H]2O[C@H](CO)[C@@H](O)[C@H](O)[C@H]2O)c1O. The van der Waals surface area contributed by atoms with E-state index in [2.05, 4.69) is 0 Å². The van der Waals surface area contributed by atoms with Crippen molar-refractivity contribution in [3.05, 3.63) is 34.5 Å². The molecule has 0 radical (unpaired) electrons. The zero-order chi connectivity index (χ0) is 25.6. The first-order valence-corrected chi connectivity index (χ1v) is 10.2. The Morgan fingerprint density at radius 3 is 2.26 bits per heavy atom. The minimum atomic E-state index is -1.79. The Bertz CT molecular complexity index is 1320. The van der Waals surface area contributed by atoms with Gasteiger partial charge in [-0.2, -0.15) is 0 Å². The summed E-state index contributed by atoms with van der Waals surface area (Å²) in [7, 11) is 1.20. The normalized spacial score (nSPS) is 24.4. The summed E-state index contributed by atoms with van der Waals surface area (Å²) in [4.78, 5) is 12.7. The maximum absolute atomic E-state index is 12.7. The third kappa shape index (κ3) is 4.15. The molecule has 1 aliphatic heterocycles. The van der Waals surface area contributed by atoms with Crippen LogP contribution in [-0.2, 0) is 4.74 Å². The molecular weight excluding hydrogens is 472 g/mol. The summed E-state index contributed by atoms with van der Waals surface area (Å²) in [6.45, 7) is -0.712. The van der Waals surface area contributed by atoms with E-state index in [1.54, 1.807) is 0 Å². The first kappa shape index (κ1) is 24.4. The zero-order valence-electron chi connectivity index (χ0n) is 18.0. The molecule has 0 bridgehead atoms. The fourth-order valence-corrected chi connectivity index (χ4v) is 3.72. The Morgan fingerprint density at radius 2 is 1.60 bits per heavy atom. The van der Waals surface area contributed by atoms with E-state index in [0.29, 0.717) is 0 Å². The molecule has 13 nitrogen and oxygen atoms in total. The van der Waals surface area contributed by atoms with E-state index < -0.39 is 77.2 Å². The number of aliphatic hydroxyl groups excluding tert-OH is 4. The number of aliphatic hydroxyl groups is 4. The minimum Gasteiger partial charge on any atom is -0.508 e.